The molecule has 1 aliphatic heterocycles. The molecule has 0 aliphatic carbocycles. The topological polar surface area (TPSA) is 76.4 Å². The highest BCUT2D eigenvalue weighted by Crippen LogP contribution is 2.24. The van der Waals surface area contributed by atoms with E-state index in [9.17, 15) is 9.90 Å². The maximum atomic E-state index is 11.3. The number of hydrogen-bond acceptors (Lipinski definition) is 4. The van der Waals surface area contributed by atoms with E-state index in [4.69, 9.17) is 4.74 Å². The van der Waals surface area contributed by atoms with Crippen molar-refractivity contribution in [1.82, 2.24) is 9.55 Å². The molecule has 1 aliphatic rings. The van der Waals surface area contributed by atoms with Crippen LogP contribution in [-0.4, -0.2) is 39.4 Å². The molecule has 0 saturated carbocycles. The van der Waals surface area contributed by atoms with Crippen molar-refractivity contribution in [2.24, 2.45) is 0 Å². The fraction of sp³-hybridized carbons (Fsp3) is 0.600. The maximum absolute atomic E-state index is 11.3. The molecule has 6 heteroatoms. The first-order valence-corrected chi connectivity index (χ1v) is 5.28. The summed E-state index contributed by atoms with van der Waals surface area (Å²) < 4.78 is 7.03. The van der Waals surface area contributed by atoms with E-state index < -0.39 is 11.5 Å². The highest BCUT2D eigenvalue weighted by atomic mass is 16.5. The first kappa shape index (κ1) is 10.9. The quantitative estimate of drug-likeness (QED) is 0.783. The van der Waals surface area contributed by atoms with E-state index in [1.807, 2.05) is 17.7 Å². The Morgan fingerprint density at radius 3 is 3.19 bits per heavy atom. The predicted octanol–water partition coefficient (Wildman–Crippen LogP) is 0.559. The van der Waals surface area contributed by atoms with Gasteiger partial charge in [0.15, 0.2) is 5.54 Å². The van der Waals surface area contributed by atoms with Crippen molar-refractivity contribution in [3.8, 4) is 0 Å². The molecule has 0 radical (unpaired) electrons. The lowest BCUT2D eigenvalue weighted by molar-refractivity contribution is -0.142. The Balaban J connectivity index is 2.21. The fourth-order valence-corrected chi connectivity index (χ4v) is 1.79. The molecule has 1 aromatic rings. The molecule has 88 valence electrons. The minimum atomic E-state index is -1.03. The second-order valence-electron chi connectivity index (χ2n) is 3.85. The lowest BCUT2D eigenvalue weighted by Crippen LogP contribution is -2.47. The third-order valence-electron chi connectivity index (χ3n) is 2.84. The van der Waals surface area contributed by atoms with Gasteiger partial charge in [0, 0.05) is 32.0 Å². The van der Waals surface area contributed by atoms with E-state index in [0.29, 0.717) is 19.0 Å². The Hall–Kier alpha value is -1.56. The van der Waals surface area contributed by atoms with Gasteiger partial charge < -0.3 is 19.7 Å². The van der Waals surface area contributed by atoms with Gasteiger partial charge in [-0.3, -0.25) is 0 Å². The van der Waals surface area contributed by atoms with E-state index in [1.54, 1.807) is 6.20 Å². The number of carboxylic acid groups (broad SMARTS) is 1. The number of anilines is 1. The second-order valence-corrected chi connectivity index (χ2v) is 3.85. The Bertz CT molecular complexity index is 382. The predicted molar refractivity (Wildman–Crippen MR) is 57.3 cm³/mol. The third-order valence-corrected chi connectivity index (χ3v) is 2.84. The van der Waals surface area contributed by atoms with Crippen LogP contribution in [0.15, 0.2) is 12.4 Å². The molecule has 1 aromatic heterocycles. The molecule has 1 atom stereocenters. The lowest BCUT2D eigenvalue weighted by atomic mass is 9.99. The van der Waals surface area contributed by atoms with E-state index in [2.05, 4.69) is 10.3 Å². The molecule has 1 saturated heterocycles. The number of rotatable bonds is 4. The SMILES string of the molecule is CCn1ccnc1NC1(C(=O)O)CCOC1. The van der Waals surface area contributed by atoms with Crippen LogP contribution >= 0.6 is 0 Å². The molecule has 16 heavy (non-hydrogen) atoms. The molecule has 2 heterocycles. The second kappa shape index (κ2) is 4.13. The molecule has 1 unspecified atom stereocenters. The summed E-state index contributed by atoms with van der Waals surface area (Å²) in [5.74, 6) is -0.314. The zero-order valence-electron chi connectivity index (χ0n) is 9.14. The molecule has 6 nitrogen and oxygen atoms in total. The summed E-state index contributed by atoms with van der Waals surface area (Å²) in [6.07, 6.45) is 3.92. The first-order valence-electron chi connectivity index (χ1n) is 5.28. The summed E-state index contributed by atoms with van der Waals surface area (Å²) in [7, 11) is 0. The van der Waals surface area contributed by atoms with Crippen molar-refractivity contribution in [3.63, 3.8) is 0 Å². The van der Waals surface area contributed by atoms with Gasteiger partial charge in [0.1, 0.15) is 0 Å². The van der Waals surface area contributed by atoms with Crippen LogP contribution in [0.3, 0.4) is 0 Å². The summed E-state index contributed by atoms with van der Waals surface area (Å²) in [4.78, 5) is 15.4. The average molecular weight is 225 g/mol. The zero-order valence-corrected chi connectivity index (χ0v) is 9.14. The molecule has 0 aromatic carbocycles. The van der Waals surface area contributed by atoms with Crippen LogP contribution < -0.4 is 5.32 Å². The normalized spacial score (nSPS) is 24.6. The summed E-state index contributed by atoms with van der Waals surface area (Å²) in [5, 5.41) is 12.2. The summed E-state index contributed by atoms with van der Waals surface area (Å²) in [5.41, 5.74) is -1.03. The van der Waals surface area contributed by atoms with Gasteiger partial charge >= 0.3 is 5.97 Å². The monoisotopic (exact) mass is 225 g/mol. The third kappa shape index (κ3) is 1.76. The number of carbonyl (C=O) groups is 1. The number of hydrogen-bond donors (Lipinski definition) is 2. The number of aryl methyl sites for hydroxylation is 1. The molecule has 1 fully saturated rings. The molecule has 0 amide bonds. The van der Waals surface area contributed by atoms with Crippen LogP contribution in [0.5, 0.6) is 0 Å². The van der Waals surface area contributed by atoms with Crippen LogP contribution in [0.25, 0.3) is 0 Å². The van der Waals surface area contributed by atoms with E-state index >= 15 is 0 Å². The van der Waals surface area contributed by atoms with Gasteiger partial charge in [-0.05, 0) is 6.92 Å². The van der Waals surface area contributed by atoms with Crippen LogP contribution in [0, 0.1) is 0 Å². The Labute approximate surface area is 93.2 Å². The number of nitrogens with one attached hydrogen (secondary N) is 1. The Morgan fingerprint density at radius 2 is 2.62 bits per heavy atom. The van der Waals surface area contributed by atoms with Crippen molar-refractivity contribution >= 4 is 11.9 Å². The van der Waals surface area contributed by atoms with Gasteiger partial charge in [0.25, 0.3) is 0 Å². The number of aliphatic carboxylic acids is 1. The number of ether oxygens (including phenoxy) is 1. The van der Waals surface area contributed by atoms with Crippen molar-refractivity contribution in [2.45, 2.75) is 25.4 Å². The number of nitrogens with zero attached hydrogens (tertiary/aromatic N) is 2. The van der Waals surface area contributed by atoms with Gasteiger partial charge in [0.2, 0.25) is 5.95 Å². The lowest BCUT2D eigenvalue weighted by Gasteiger charge is -2.24. The van der Waals surface area contributed by atoms with Gasteiger partial charge in [-0.25, -0.2) is 9.78 Å². The minimum Gasteiger partial charge on any atom is -0.479 e. The largest absolute Gasteiger partial charge is 0.479 e. The molecular weight excluding hydrogens is 210 g/mol. The van der Waals surface area contributed by atoms with Gasteiger partial charge in [-0.15, -0.1) is 0 Å². The van der Waals surface area contributed by atoms with Crippen molar-refractivity contribution in [2.75, 3.05) is 18.5 Å². The first-order chi connectivity index (χ1) is 7.68. The summed E-state index contributed by atoms with van der Waals surface area (Å²) in [6.45, 7) is 3.37. The Kier molecular flexibility index (Phi) is 2.82. The van der Waals surface area contributed by atoms with E-state index in [0.717, 1.165) is 6.54 Å². The molecule has 0 bridgehead atoms. The summed E-state index contributed by atoms with van der Waals surface area (Å²) in [6, 6.07) is 0. The molecule has 2 rings (SSSR count). The minimum absolute atomic E-state index is 0.179. The van der Waals surface area contributed by atoms with Gasteiger partial charge in [0.05, 0.1) is 6.61 Å². The highest BCUT2D eigenvalue weighted by molar-refractivity contribution is 5.82. The van der Waals surface area contributed by atoms with Gasteiger partial charge in [-0.1, -0.05) is 0 Å². The van der Waals surface area contributed by atoms with Crippen molar-refractivity contribution < 1.29 is 14.6 Å². The summed E-state index contributed by atoms with van der Waals surface area (Å²) >= 11 is 0. The van der Waals surface area contributed by atoms with Crippen LogP contribution in [0.4, 0.5) is 5.95 Å². The van der Waals surface area contributed by atoms with Crippen molar-refractivity contribution in [3.05, 3.63) is 12.4 Å². The zero-order chi connectivity index (χ0) is 11.6. The molecule has 0 spiro atoms. The number of carboxylic acids is 1. The van der Waals surface area contributed by atoms with Crippen LogP contribution in [-0.2, 0) is 16.1 Å². The molecular formula is C10H15N3O3. The number of imidazole rings is 1. The van der Waals surface area contributed by atoms with E-state index in [-0.39, 0.29) is 6.61 Å². The standard InChI is InChI=1S/C10H15N3O3/c1-2-13-5-4-11-9(13)12-10(8(14)15)3-6-16-7-10/h4-5H,2-3,6-7H2,1H3,(H,11,12)(H,14,15). The average Bonchev–Trinajstić information content (AvgIpc) is 2.88. The smallest absolute Gasteiger partial charge is 0.331 e. The Morgan fingerprint density at radius 1 is 1.81 bits per heavy atom. The fourth-order valence-electron chi connectivity index (χ4n) is 1.79. The number of aromatic nitrogens is 2. The van der Waals surface area contributed by atoms with Crippen LogP contribution in [0.2, 0.25) is 0 Å². The molecule has 2 N–H and O–H groups in total. The van der Waals surface area contributed by atoms with Gasteiger partial charge in [-0.2, -0.15) is 0 Å². The maximum Gasteiger partial charge on any atom is 0.331 e. The van der Waals surface area contributed by atoms with Crippen LogP contribution in [0.1, 0.15) is 13.3 Å². The van der Waals surface area contributed by atoms with Crippen molar-refractivity contribution in [1.29, 1.82) is 0 Å². The van der Waals surface area contributed by atoms with E-state index in [1.165, 1.54) is 0 Å². The highest BCUT2D eigenvalue weighted by Gasteiger charge is 2.43.